The van der Waals surface area contributed by atoms with Gasteiger partial charge in [-0.15, -0.1) is 0 Å². The number of piperazine rings is 1. The molecule has 0 N–H and O–H groups in total. The van der Waals surface area contributed by atoms with Gasteiger partial charge >= 0.3 is 0 Å². The number of aryl methyl sites for hydroxylation is 1. The van der Waals surface area contributed by atoms with Crippen LogP contribution in [0.25, 0.3) is 0 Å². The summed E-state index contributed by atoms with van der Waals surface area (Å²) in [5, 5.41) is 0. The normalized spacial score (nSPS) is 17.6. The molecule has 154 valence electrons. The maximum atomic E-state index is 14.0. The van der Waals surface area contributed by atoms with Crippen molar-refractivity contribution >= 4 is 11.7 Å². The molecular weight excluding hydrogens is 373 g/mol. The number of carbonyl (C=O) groups excluding carboxylic acids is 1. The lowest BCUT2D eigenvalue weighted by Crippen LogP contribution is -2.50. The van der Waals surface area contributed by atoms with Crippen LogP contribution in [0.5, 0.6) is 11.6 Å². The summed E-state index contributed by atoms with van der Waals surface area (Å²) in [7, 11) is 0. The van der Waals surface area contributed by atoms with Gasteiger partial charge in [0.05, 0.1) is 6.54 Å². The topological polar surface area (TPSA) is 61.8 Å². The van der Waals surface area contributed by atoms with Gasteiger partial charge in [0.2, 0.25) is 11.8 Å². The van der Waals surface area contributed by atoms with Crippen LogP contribution in [0.1, 0.15) is 18.4 Å². The smallest absolute Gasteiger partial charge is 0.236 e. The van der Waals surface area contributed by atoms with Crippen molar-refractivity contribution in [3.05, 3.63) is 42.0 Å². The highest BCUT2D eigenvalue weighted by molar-refractivity contribution is 5.78. The van der Waals surface area contributed by atoms with Gasteiger partial charge in [0.15, 0.2) is 11.6 Å². The summed E-state index contributed by atoms with van der Waals surface area (Å²) >= 11 is 0. The quantitative estimate of drug-likeness (QED) is 0.770. The number of amides is 1. The third kappa shape index (κ3) is 4.82. The number of ether oxygens (including phenoxy) is 1. The van der Waals surface area contributed by atoms with E-state index in [9.17, 15) is 9.18 Å². The van der Waals surface area contributed by atoms with Crippen molar-refractivity contribution in [1.82, 2.24) is 19.8 Å². The molecule has 2 aliphatic rings. The van der Waals surface area contributed by atoms with Crippen molar-refractivity contribution in [2.24, 2.45) is 0 Å². The van der Waals surface area contributed by atoms with Gasteiger partial charge in [-0.2, -0.15) is 0 Å². The molecule has 1 amide bonds. The molecule has 2 fully saturated rings. The molecule has 2 aliphatic heterocycles. The number of halogens is 1. The minimum absolute atomic E-state index is 0.153. The van der Waals surface area contributed by atoms with Gasteiger partial charge in [-0.05, 0) is 37.5 Å². The molecule has 4 rings (SSSR count). The number of hydrogen-bond acceptors (Lipinski definition) is 6. The van der Waals surface area contributed by atoms with E-state index in [2.05, 4.69) is 19.8 Å². The number of nitrogens with zero attached hydrogens (tertiary/aromatic N) is 5. The highest BCUT2D eigenvalue weighted by Gasteiger charge is 2.24. The van der Waals surface area contributed by atoms with Crippen LogP contribution in [0.4, 0.5) is 10.2 Å². The van der Waals surface area contributed by atoms with Gasteiger partial charge in [-0.25, -0.2) is 14.4 Å². The van der Waals surface area contributed by atoms with Gasteiger partial charge in [0.1, 0.15) is 12.1 Å². The summed E-state index contributed by atoms with van der Waals surface area (Å²) in [5.41, 5.74) is 0.912. The van der Waals surface area contributed by atoms with Gasteiger partial charge < -0.3 is 14.5 Å². The molecule has 0 spiro atoms. The minimum atomic E-state index is -0.424. The van der Waals surface area contributed by atoms with Crippen molar-refractivity contribution in [1.29, 1.82) is 0 Å². The molecule has 0 unspecified atom stereocenters. The Hall–Kier alpha value is -2.74. The van der Waals surface area contributed by atoms with Crippen LogP contribution in [0.3, 0.4) is 0 Å². The second kappa shape index (κ2) is 8.73. The summed E-state index contributed by atoms with van der Waals surface area (Å²) in [6.07, 6.45) is 3.66. The Kier molecular flexibility index (Phi) is 5.89. The predicted octanol–water partition coefficient (Wildman–Crippen LogP) is 2.46. The van der Waals surface area contributed by atoms with E-state index in [1.54, 1.807) is 18.2 Å². The largest absolute Gasteiger partial charge is 0.436 e. The summed E-state index contributed by atoms with van der Waals surface area (Å²) in [5.74, 6) is 1.01. The molecule has 29 heavy (non-hydrogen) atoms. The Bertz CT molecular complexity index is 864. The number of aromatic nitrogens is 2. The fraction of sp³-hybridized carbons (Fsp3) is 0.476. The molecule has 3 heterocycles. The Labute approximate surface area is 170 Å². The van der Waals surface area contributed by atoms with Crippen molar-refractivity contribution < 1.29 is 13.9 Å². The predicted molar refractivity (Wildman–Crippen MR) is 108 cm³/mol. The lowest BCUT2D eigenvalue weighted by Gasteiger charge is -2.35. The second-order valence-electron chi connectivity index (χ2n) is 7.60. The van der Waals surface area contributed by atoms with E-state index < -0.39 is 5.82 Å². The van der Waals surface area contributed by atoms with E-state index in [-0.39, 0.29) is 11.7 Å². The van der Waals surface area contributed by atoms with Crippen LogP contribution < -0.4 is 9.64 Å². The van der Waals surface area contributed by atoms with E-state index in [1.807, 2.05) is 11.8 Å². The number of hydrogen-bond donors (Lipinski definition) is 0. The summed E-state index contributed by atoms with van der Waals surface area (Å²) < 4.78 is 19.6. The number of benzene rings is 1. The first-order valence-electron chi connectivity index (χ1n) is 10.1. The van der Waals surface area contributed by atoms with Crippen molar-refractivity contribution in [3.8, 4) is 11.6 Å². The maximum absolute atomic E-state index is 14.0. The Morgan fingerprint density at radius 1 is 1.07 bits per heavy atom. The molecule has 2 aromatic rings. The molecule has 2 saturated heterocycles. The zero-order valence-corrected chi connectivity index (χ0v) is 16.7. The molecule has 0 radical (unpaired) electrons. The zero-order valence-electron chi connectivity index (χ0n) is 16.7. The standard InChI is InChI=1S/C21H26FN5O2/c1-16-4-5-17(22)18(12-16)29-20-13-19(23-15-24-20)26-10-8-25(9-11-26)14-21(28)27-6-2-3-7-27/h4-5,12-13,15H,2-3,6-11,14H2,1H3. The number of rotatable bonds is 5. The molecule has 1 aromatic carbocycles. The summed E-state index contributed by atoms with van der Waals surface area (Å²) in [4.78, 5) is 27.1. The molecular formula is C21H26FN5O2. The van der Waals surface area contributed by atoms with E-state index in [1.165, 1.54) is 12.4 Å². The van der Waals surface area contributed by atoms with Crippen molar-refractivity contribution in [2.75, 3.05) is 50.7 Å². The van der Waals surface area contributed by atoms with Crippen LogP contribution in [-0.2, 0) is 4.79 Å². The van der Waals surface area contributed by atoms with Crippen molar-refractivity contribution in [3.63, 3.8) is 0 Å². The third-order valence-corrected chi connectivity index (χ3v) is 5.44. The Morgan fingerprint density at radius 3 is 2.59 bits per heavy atom. The lowest BCUT2D eigenvalue weighted by atomic mass is 10.2. The number of carbonyl (C=O) groups is 1. The van der Waals surface area contributed by atoms with Crippen LogP contribution in [-0.4, -0.2) is 71.5 Å². The fourth-order valence-corrected chi connectivity index (χ4v) is 3.75. The molecule has 0 saturated carbocycles. The number of likely N-dealkylation sites (tertiary alicyclic amines) is 1. The fourth-order valence-electron chi connectivity index (χ4n) is 3.75. The molecule has 0 aliphatic carbocycles. The van der Waals surface area contributed by atoms with Crippen LogP contribution in [0, 0.1) is 12.7 Å². The van der Waals surface area contributed by atoms with Gasteiger partial charge in [-0.3, -0.25) is 9.69 Å². The Morgan fingerprint density at radius 2 is 1.83 bits per heavy atom. The van der Waals surface area contributed by atoms with Crippen molar-refractivity contribution in [2.45, 2.75) is 19.8 Å². The maximum Gasteiger partial charge on any atom is 0.236 e. The summed E-state index contributed by atoms with van der Waals surface area (Å²) in [6, 6.07) is 6.46. The number of anilines is 1. The van der Waals surface area contributed by atoms with Gasteiger partial charge in [0.25, 0.3) is 0 Å². The van der Waals surface area contributed by atoms with Gasteiger partial charge in [0, 0.05) is 45.3 Å². The van der Waals surface area contributed by atoms with E-state index >= 15 is 0 Å². The highest BCUT2D eigenvalue weighted by Crippen LogP contribution is 2.26. The summed E-state index contributed by atoms with van der Waals surface area (Å²) in [6.45, 7) is 7.28. The monoisotopic (exact) mass is 399 g/mol. The first kappa shape index (κ1) is 19.6. The minimum Gasteiger partial charge on any atom is -0.436 e. The first-order valence-corrected chi connectivity index (χ1v) is 10.1. The molecule has 1 aromatic heterocycles. The highest BCUT2D eigenvalue weighted by atomic mass is 19.1. The average Bonchev–Trinajstić information content (AvgIpc) is 3.27. The van der Waals surface area contributed by atoms with Crippen LogP contribution in [0.15, 0.2) is 30.6 Å². The zero-order chi connectivity index (χ0) is 20.2. The molecule has 8 heteroatoms. The van der Waals surface area contributed by atoms with E-state index in [4.69, 9.17) is 4.74 Å². The molecule has 0 atom stereocenters. The first-order chi connectivity index (χ1) is 14.1. The molecule has 7 nitrogen and oxygen atoms in total. The SMILES string of the molecule is Cc1ccc(F)c(Oc2cc(N3CCN(CC(=O)N4CCCC4)CC3)ncn2)c1. The second-order valence-corrected chi connectivity index (χ2v) is 7.60. The van der Waals surface area contributed by atoms with Crippen LogP contribution >= 0.6 is 0 Å². The third-order valence-electron chi connectivity index (χ3n) is 5.44. The average molecular weight is 399 g/mol. The Balaban J connectivity index is 1.34. The van der Waals surface area contributed by atoms with Gasteiger partial charge in [-0.1, -0.05) is 6.07 Å². The lowest BCUT2D eigenvalue weighted by molar-refractivity contribution is -0.131. The van der Waals surface area contributed by atoms with E-state index in [0.717, 1.165) is 63.5 Å². The van der Waals surface area contributed by atoms with Crippen LogP contribution in [0.2, 0.25) is 0 Å². The van der Waals surface area contributed by atoms with E-state index in [0.29, 0.717) is 12.4 Å². The molecule has 0 bridgehead atoms.